The second-order valence-corrected chi connectivity index (χ2v) is 2.37. The monoisotopic (exact) mass is 172 g/mol. The van der Waals surface area contributed by atoms with Crippen LogP contribution in [0.3, 0.4) is 0 Å². The maximum Gasteiger partial charge on any atom is 0.127 e. The molecular formula is C8H10F2N2. The van der Waals surface area contributed by atoms with Gasteiger partial charge in [-0.05, 0) is 18.2 Å². The van der Waals surface area contributed by atoms with Crippen LogP contribution in [0.15, 0.2) is 18.2 Å². The Bertz CT molecular complexity index is 263. The van der Waals surface area contributed by atoms with Crippen molar-refractivity contribution >= 4 is 0 Å². The van der Waals surface area contributed by atoms with Crippen LogP contribution in [-0.4, -0.2) is 6.67 Å². The topological polar surface area (TPSA) is 38.0 Å². The Balaban J connectivity index is 2.75. The van der Waals surface area contributed by atoms with Gasteiger partial charge in [0.25, 0.3) is 0 Å². The van der Waals surface area contributed by atoms with E-state index in [1.165, 1.54) is 0 Å². The Morgan fingerprint density at radius 3 is 2.75 bits per heavy atom. The van der Waals surface area contributed by atoms with Crippen molar-refractivity contribution < 1.29 is 8.78 Å². The molecule has 0 aromatic heterocycles. The first kappa shape index (κ1) is 9.09. The fraction of sp³-hybridized carbons (Fsp3) is 0.250. The fourth-order valence-corrected chi connectivity index (χ4v) is 0.886. The molecular weight excluding hydrogens is 162 g/mol. The summed E-state index contributed by atoms with van der Waals surface area (Å²) in [4.78, 5) is 0. The van der Waals surface area contributed by atoms with Gasteiger partial charge in [-0.15, -0.1) is 0 Å². The number of hydrogen-bond donors (Lipinski definition) is 2. The summed E-state index contributed by atoms with van der Waals surface area (Å²) in [5.74, 6) is -0.859. The lowest BCUT2D eigenvalue weighted by Crippen LogP contribution is -2.22. The van der Waals surface area contributed by atoms with Crippen LogP contribution in [0.4, 0.5) is 8.78 Å². The molecule has 0 saturated carbocycles. The molecule has 0 aliphatic heterocycles. The van der Waals surface area contributed by atoms with Gasteiger partial charge in [0.1, 0.15) is 11.6 Å². The molecule has 1 rings (SSSR count). The molecule has 12 heavy (non-hydrogen) atoms. The Morgan fingerprint density at radius 2 is 2.08 bits per heavy atom. The van der Waals surface area contributed by atoms with Crippen molar-refractivity contribution in [3.8, 4) is 0 Å². The highest BCUT2D eigenvalue weighted by molar-refractivity contribution is 5.18. The lowest BCUT2D eigenvalue weighted by Gasteiger charge is -2.02. The molecule has 0 radical (unpaired) electrons. The number of nitrogens with two attached hydrogens (primary N) is 1. The average molecular weight is 172 g/mol. The van der Waals surface area contributed by atoms with Crippen molar-refractivity contribution in [2.24, 2.45) is 5.73 Å². The van der Waals surface area contributed by atoms with E-state index in [1.54, 1.807) is 0 Å². The Morgan fingerprint density at radius 1 is 1.33 bits per heavy atom. The minimum Gasteiger partial charge on any atom is -0.318 e. The van der Waals surface area contributed by atoms with Gasteiger partial charge in [-0.2, -0.15) is 0 Å². The van der Waals surface area contributed by atoms with E-state index in [2.05, 4.69) is 5.32 Å². The molecule has 0 unspecified atom stereocenters. The Hall–Kier alpha value is -1.00. The van der Waals surface area contributed by atoms with Crippen molar-refractivity contribution in [3.63, 3.8) is 0 Å². The number of rotatable bonds is 3. The van der Waals surface area contributed by atoms with Crippen molar-refractivity contribution in [3.05, 3.63) is 35.4 Å². The van der Waals surface area contributed by atoms with Crippen molar-refractivity contribution in [1.29, 1.82) is 0 Å². The molecule has 0 aliphatic rings. The highest BCUT2D eigenvalue weighted by Gasteiger charge is 2.01. The average Bonchev–Trinajstić information content (AvgIpc) is 2.07. The first-order valence-corrected chi connectivity index (χ1v) is 3.58. The lowest BCUT2D eigenvalue weighted by molar-refractivity contribution is 0.571. The molecule has 0 bridgehead atoms. The minimum absolute atomic E-state index is 0.246. The van der Waals surface area contributed by atoms with Gasteiger partial charge in [-0.25, -0.2) is 8.78 Å². The van der Waals surface area contributed by atoms with Crippen LogP contribution in [-0.2, 0) is 6.54 Å². The van der Waals surface area contributed by atoms with E-state index in [0.717, 1.165) is 18.2 Å². The summed E-state index contributed by atoms with van der Waals surface area (Å²) in [5, 5.41) is 2.70. The van der Waals surface area contributed by atoms with E-state index >= 15 is 0 Å². The summed E-state index contributed by atoms with van der Waals surface area (Å²) in [6, 6.07) is 3.34. The normalized spacial score (nSPS) is 10.2. The van der Waals surface area contributed by atoms with Crippen LogP contribution in [0.25, 0.3) is 0 Å². The van der Waals surface area contributed by atoms with Gasteiger partial charge in [0.15, 0.2) is 0 Å². The molecule has 1 aromatic rings. The van der Waals surface area contributed by atoms with E-state index in [4.69, 9.17) is 5.73 Å². The van der Waals surface area contributed by atoms with Crippen LogP contribution in [0.1, 0.15) is 5.56 Å². The maximum absolute atomic E-state index is 12.8. The summed E-state index contributed by atoms with van der Waals surface area (Å²) in [6.07, 6.45) is 0. The van der Waals surface area contributed by atoms with Gasteiger partial charge in [0.05, 0.1) is 0 Å². The third-order valence-corrected chi connectivity index (χ3v) is 1.47. The van der Waals surface area contributed by atoms with Crippen molar-refractivity contribution in [2.45, 2.75) is 6.54 Å². The second-order valence-electron chi connectivity index (χ2n) is 2.37. The molecule has 0 saturated heterocycles. The molecule has 0 amide bonds. The van der Waals surface area contributed by atoms with Crippen molar-refractivity contribution in [1.82, 2.24) is 5.32 Å². The van der Waals surface area contributed by atoms with Crippen LogP contribution in [0.2, 0.25) is 0 Å². The van der Waals surface area contributed by atoms with E-state index in [0.29, 0.717) is 5.56 Å². The highest BCUT2D eigenvalue weighted by Crippen LogP contribution is 2.08. The zero-order valence-electron chi connectivity index (χ0n) is 6.48. The predicted octanol–water partition coefficient (Wildman–Crippen LogP) is 0.971. The molecule has 0 spiro atoms. The van der Waals surface area contributed by atoms with Gasteiger partial charge in [0.2, 0.25) is 0 Å². The first-order chi connectivity index (χ1) is 5.74. The van der Waals surface area contributed by atoms with Gasteiger partial charge < -0.3 is 11.1 Å². The van der Waals surface area contributed by atoms with Crippen molar-refractivity contribution in [2.75, 3.05) is 6.67 Å². The zero-order chi connectivity index (χ0) is 8.97. The SMILES string of the molecule is NCNCc1cc(F)ccc1F. The zero-order valence-corrected chi connectivity index (χ0v) is 6.48. The van der Waals surface area contributed by atoms with Crippen LogP contribution in [0, 0.1) is 11.6 Å². The standard InChI is InChI=1S/C8H10F2N2/c9-7-1-2-8(10)6(3-7)4-12-5-11/h1-3,12H,4-5,11H2. The first-order valence-electron chi connectivity index (χ1n) is 3.58. The molecule has 0 atom stereocenters. The van der Waals surface area contributed by atoms with Gasteiger partial charge in [-0.3, -0.25) is 0 Å². The van der Waals surface area contributed by atoms with Gasteiger partial charge in [0, 0.05) is 18.8 Å². The van der Waals surface area contributed by atoms with E-state index < -0.39 is 11.6 Å². The lowest BCUT2D eigenvalue weighted by atomic mass is 10.2. The van der Waals surface area contributed by atoms with E-state index in [-0.39, 0.29) is 13.2 Å². The molecule has 3 N–H and O–H groups in total. The maximum atomic E-state index is 12.8. The summed E-state index contributed by atoms with van der Waals surface area (Å²) in [7, 11) is 0. The number of nitrogens with one attached hydrogen (secondary N) is 1. The summed E-state index contributed by atoms with van der Waals surface area (Å²) < 4.78 is 25.4. The van der Waals surface area contributed by atoms with Crippen LogP contribution < -0.4 is 11.1 Å². The number of halogens is 2. The summed E-state index contributed by atoms with van der Waals surface area (Å²) in [6.45, 7) is 0.496. The predicted molar refractivity (Wildman–Crippen MR) is 42.3 cm³/mol. The van der Waals surface area contributed by atoms with E-state index in [1.807, 2.05) is 0 Å². The highest BCUT2D eigenvalue weighted by atomic mass is 19.1. The molecule has 1 aromatic carbocycles. The molecule has 2 nitrogen and oxygen atoms in total. The summed E-state index contributed by atoms with van der Waals surface area (Å²) >= 11 is 0. The number of benzene rings is 1. The Kier molecular flexibility index (Phi) is 3.13. The molecule has 0 aliphatic carbocycles. The second kappa shape index (κ2) is 4.13. The fourth-order valence-electron chi connectivity index (χ4n) is 0.886. The smallest absolute Gasteiger partial charge is 0.127 e. The largest absolute Gasteiger partial charge is 0.318 e. The number of hydrogen-bond acceptors (Lipinski definition) is 2. The minimum atomic E-state index is -0.440. The van der Waals surface area contributed by atoms with Crippen LogP contribution in [0.5, 0.6) is 0 Å². The van der Waals surface area contributed by atoms with E-state index in [9.17, 15) is 8.78 Å². The molecule has 66 valence electrons. The third-order valence-electron chi connectivity index (χ3n) is 1.47. The molecule has 0 heterocycles. The Labute approximate surface area is 69.4 Å². The molecule has 4 heteroatoms. The third kappa shape index (κ3) is 2.25. The summed E-state index contributed by atoms with van der Waals surface area (Å²) in [5.41, 5.74) is 5.43. The van der Waals surface area contributed by atoms with Gasteiger partial charge >= 0.3 is 0 Å². The quantitative estimate of drug-likeness (QED) is 0.667. The van der Waals surface area contributed by atoms with Crippen LogP contribution >= 0.6 is 0 Å². The molecule has 0 fully saturated rings. The van der Waals surface area contributed by atoms with Gasteiger partial charge in [-0.1, -0.05) is 0 Å².